The van der Waals surface area contributed by atoms with Crippen LogP contribution in [0.3, 0.4) is 0 Å². The normalized spacial score (nSPS) is 13.2. The zero-order valence-electron chi connectivity index (χ0n) is 12.0. The van der Waals surface area contributed by atoms with Gasteiger partial charge < -0.3 is 10.0 Å². The molecule has 0 radical (unpaired) electrons. The van der Waals surface area contributed by atoms with Crippen LogP contribution in [0.25, 0.3) is 0 Å². The number of carboxylic acid groups (broad SMARTS) is 1. The van der Waals surface area contributed by atoms with Crippen LogP contribution in [0, 0.1) is 12.3 Å². The van der Waals surface area contributed by atoms with Gasteiger partial charge in [-0.25, -0.2) is 9.59 Å². The number of rotatable bonds is 3. The maximum absolute atomic E-state index is 12.6. The van der Waals surface area contributed by atoms with E-state index in [4.69, 9.17) is 6.42 Å². The maximum Gasteiger partial charge on any atom is 0.336 e. The standard InChI is InChI=1S/C16H18N2O3/c1-3-10-17(4-2)16(21)18-11-6-8-12-13(15(19)20)7-5-9-14(12)18/h1,5,7,9H,4,6,8,10-11H2,2H3,(H,19,20). The van der Waals surface area contributed by atoms with Crippen molar-refractivity contribution in [2.45, 2.75) is 19.8 Å². The first-order valence-corrected chi connectivity index (χ1v) is 6.95. The van der Waals surface area contributed by atoms with Crippen molar-refractivity contribution in [2.24, 2.45) is 0 Å². The Hall–Kier alpha value is -2.48. The number of carbonyl (C=O) groups is 2. The van der Waals surface area contributed by atoms with Gasteiger partial charge in [0.05, 0.1) is 12.1 Å². The summed E-state index contributed by atoms with van der Waals surface area (Å²) in [6.07, 6.45) is 6.71. The van der Waals surface area contributed by atoms with Gasteiger partial charge in [-0.3, -0.25) is 4.90 Å². The molecule has 0 saturated heterocycles. The highest BCUT2D eigenvalue weighted by atomic mass is 16.4. The SMILES string of the molecule is C#CCN(CC)C(=O)N1CCCc2c(C(=O)O)cccc21. The Morgan fingerprint density at radius 1 is 1.48 bits per heavy atom. The van der Waals surface area contributed by atoms with Gasteiger partial charge in [0, 0.05) is 18.8 Å². The zero-order chi connectivity index (χ0) is 15.4. The third-order valence-electron chi connectivity index (χ3n) is 3.65. The van der Waals surface area contributed by atoms with Crippen molar-refractivity contribution in [3.63, 3.8) is 0 Å². The van der Waals surface area contributed by atoms with Gasteiger partial charge in [0.2, 0.25) is 0 Å². The molecule has 1 aromatic carbocycles. The van der Waals surface area contributed by atoms with Crippen LogP contribution in [-0.4, -0.2) is 41.6 Å². The Morgan fingerprint density at radius 3 is 2.86 bits per heavy atom. The molecule has 1 aromatic rings. The van der Waals surface area contributed by atoms with Crippen molar-refractivity contribution in [3.05, 3.63) is 29.3 Å². The molecule has 1 N–H and O–H groups in total. The Morgan fingerprint density at radius 2 is 2.24 bits per heavy atom. The summed E-state index contributed by atoms with van der Waals surface area (Å²) in [6, 6.07) is 4.88. The van der Waals surface area contributed by atoms with E-state index >= 15 is 0 Å². The fraction of sp³-hybridized carbons (Fsp3) is 0.375. The van der Waals surface area contributed by atoms with Gasteiger partial charge in [0.1, 0.15) is 0 Å². The van der Waals surface area contributed by atoms with Crippen molar-refractivity contribution in [2.75, 3.05) is 24.5 Å². The summed E-state index contributed by atoms with van der Waals surface area (Å²) in [5.41, 5.74) is 1.67. The first-order chi connectivity index (χ1) is 10.1. The first kappa shape index (κ1) is 14.9. The number of benzene rings is 1. The Labute approximate surface area is 124 Å². The minimum atomic E-state index is -0.961. The number of anilines is 1. The fourth-order valence-electron chi connectivity index (χ4n) is 2.62. The highest BCUT2D eigenvalue weighted by Gasteiger charge is 2.28. The van der Waals surface area contributed by atoms with E-state index < -0.39 is 5.97 Å². The second kappa shape index (κ2) is 6.31. The van der Waals surface area contributed by atoms with Gasteiger partial charge in [-0.05, 0) is 37.5 Å². The quantitative estimate of drug-likeness (QED) is 0.867. The van der Waals surface area contributed by atoms with Crippen LogP contribution in [0.4, 0.5) is 10.5 Å². The van der Waals surface area contributed by atoms with E-state index in [-0.39, 0.29) is 18.1 Å². The number of carbonyl (C=O) groups excluding carboxylic acids is 1. The molecule has 0 aliphatic carbocycles. The van der Waals surface area contributed by atoms with Crippen LogP contribution in [0.2, 0.25) is 0 Å². The summed E-state index contributed by atoms with van der Waals surface area (Å²) < 4.78 is 0. The molecule has 2 amide bonds. The van der Waals surface area contributed by atoms with E-state index in [1.807, 2.05) is 6.92 Å². The molecule has 5 nitrogen and oxygen atoms in total. The molecule has 1 aliphatic heterocycles. The molecule has 0 aromatic heterocycles. The molecule has 0 spiro atoms. The molecule has 0 fully saturated rings. The van der Waals surface area contributed by atoms with Gasteiger partial charge in [-0.15, -0.1) is 6.42 Å². The lowest BCUT2D eigenvalue weighted by molar-refractivity contribution is 0.0695. The second-order valence-corrected chi connectivity index (χ2v) is 4.86. The van der Waals surface area contributed by atoms with Gasteiger partial charge >= 0.3 is 12.0 Å². The van der Waals surface area contributed by atoms with Crippen LogP contribution in [-0.2, 0) is 6.42 Å². The Balaban J connectivity index is 2.39. The topological polar surface area (TPSA) is 60.9 Å². The highest BCUT2D eigenvalue weighted by molar-refractivity contribution is 5.97. The predicted molar refractivity (Wildman–Crippen MR) is 80.5 cm³/mol. The second-order valence-electron chi connectivity index (χ2n) is 4.86. The third kappa shape index (κ3) is 2.84. The summed E-state index contributed by atoms with van der Waals surface area (Å²) >= 11 is 0. The van der Waals surface area contributed by atoms with E-state index in [1.54, 1.807) is 28.0 Å². The molecule has 0 saturated carbocycles. The average Bonchev–Trinajstić information content (AvgIpc) is 2.50. The summed E-state index contributed by atoms with van der Waals surface area (Å²) in [7, 11) is 0. The van der Waals surface area contributed by atoms with E-state index in [0.29, 0.717) is 25.2 Å². The number of hydrogen-bond donors (Lipinski definition) is 1. The predicted octanol–water partition coefficient (Wildman–Crippen LogP) is 2.21. The highest BCUT2D eigenvalue weighted by Crippen LogP contribution is 2.30. The van der Waals surface area contributed by atoms with Crippen molar-refractivity contribution in [3.8, 4) is 12.3 Å². The number of fused-ring (bicyclic) bond motifs is 1. The van der Waals surface area contributed by atoms with Crippen LogP contribution >= 0.6 is 0 Å². The van der Waals surface area contributed by atoms with Crippen molar-refractivity contribution >= 4 is 17.7 Å². The monoisotopic (exact) mass is 286 g/mol. The van der Waals surface area contributed by atoms with Crippen molar-refractivity contribution in [1.29, 1.82) is 0 Å². The summed E-state index contributed by atoms with van der Waals surface area (Å²) in [6.45, 7) is 3.22. The summed E-state index contributed by atoms with van der Waals surface area (Å²) in [4.78, 5) is 27.1. The van der Waals surface area contributed by atoms with Crippen LogP contribution in [0.15, 0.2) is 18.2 Å². The Kier molecular flexibility index (Phi) is 4.49. The smallest absolute Gasteiger partial charge is 0.336 e. The van der Waals surface area contributed by atoms with Gasteiger partial charge in [-0.2, -0.15) is 0 Å². The molecule has 110 valence electrons. The number of hydrogen-bond acceptors (Lipinski definition) is 2. The minimum Gasteiger partial charge on any atom is -0.478 e. The summed E-state index contributed by atoms with van der Waals surface area (Å²) in [5.74, 6) is 1.52. The van der Waals surface area contributed by atoms with Crippen LogP contribution in [0.1, 0.15) is 29.3 Å². The maximum atomic E-state index is 12.6. The minimum absolute atomic E-state index is 0.168. The fourth-order valence-corrected chi connectivity index (χ4v) is 2.62. The largest absolute Gasteiger partial charge is 0.478 e. The van der Waals surface area contributed by atoms with Gasteiger partial charge in [-0.1, -0.05) is 12.0 Å². The number of carboxylic acids is 1. The van der Waals surface area contributed by atoms with E-state index in [0.717, 1.165) is 12.0 Å². The number of aromatic carboxylic acids is 1. The van der Waals surface area contributed by atoms with E-state index in [2.05, 4.69) is 5.92 Å². The molecule has 0 atom stereocenters. The van der Waals surface area contributed by atoms with Gasteiger partial charge in [0.15, 0.2) is 0 Å². The van der Waals surface area contributed by atoms with E-state index in [9.17, 15) is 14.7 Å². The third-order valence-corrected chi connectivity index (χ3v) is 3.65. The number of nitrogens with zero attached hydrogens (tertiary/aromatic N) is 2. The number of amides is 2. The molecule has 1 aliphatic rings. The van der Waals surface area contributed by atoms with Crippen LogP contribution < -0.4 is 4.90 Å². The lowest BCUT2D eigenvalue weighted by atomic mass is 9.96. The molecule has 0 bridgehead atoms. The lowest BCUT2D eigenvalue weighted by Crippen LogP contribution is -2.45. The number of urea groups is 1. The average molecular weight is 286 g/mol. The van der Waals surface area contributed by atoms with Crippen molar-refractivity contribution in [1.82, 2.24) is 4.90 Å². The van der Waals surface area contributed by atoms with Gasteiger partial charge in [0.25, 0.3) is 0 Å². The molecule has 5 heteroatoms. The van der Waals surface area contributed by atoms with Crippen molar-refractivity contribution < 1.29 is 14.7 Å². The van der Waals surface area contributed by atoms with E-state index in [1.165, 1.54) is 0 Å². The molecular weight excluding hydrogens is 268 g/mol. The first-order valence-electron chi connectivity index (χ1n) is 6.95. The lowest BCUT2D eigenvalue weighted by Gasteiger charge is -2.33. The number of terminal acetylenes is 1. The molecular formula is C16H18N2O3. The molecule has 2 rings (SSSR count). The Bertz CT molecular complexity index is 604. The molecule has 21 heavy (non-hydrogen) atoms. The molecule has 0 unspecified atom stereocenters. The summed E-state index contributed by atoms with van der Waals surface area (Å²) in [5, 5.41) is 9.26. The zero-order valence-corrected chi connectivity index (χ0v) is 12.0. The van der Waals surface area contributed by atoms with Crippen LogP contribution in [0.5, 0.6) is 0 Å². The molecule has 1 heterocycles.